The van der Waals surface area contributed by atoms with E-state index in [9.17, 15) is 18.8 Å². The number of nitrogens with one attached hydrogen (secondary N) is 1. The van der Waals surface area contributed by atoms with Gasteiger partial charge in [0, 0.05) is 25.1 Å². The number of rotatable bonds is 6. The fourth-order valence-electron chi connectivity index (χ4n) is 4.67. The first-order valence-electron chi connectivity index (χ1n) is 9.78. The molecule has 1 aromatic rings. The van der Waals surface area contributed by atoms with Gasteiger partial charge < -0.3 is 5.32 Å². The summed E-state index contributed by atoms with van der Waals surface area (Å²) in [7, 11) is 0. The normalized spacial score (nSPS) is 27.8. The monoisotopic (exact) mass is 402 g/mol. The molecule has 2 aliphatic carbocycles. The van der Waals surface area contributed by atoms with Gasteiger partial charge in [-0.05, 0) is 60.9 Å². The third-order valence-corrected chi connectivity index (χ3v) is 6.96. The fourth-order valence-corrected chi connectivity index (χ4v) is 5.53. The van der Waals surface area contributed by atoms with Gasteiger partial charge in [0.2, 0.25) is 5.91 Å². The molecule has 148 valence electrons. The van der Waals surface area contributed by atoms with Crippen molar-refractivity contribution in [3.63, 3.8) is 0 Å². The van der Waals surface area contributed by atoms with Crippen molar-refractivity contribution in [2.75, 3.05) is 13.1 Å². The van der Waals surface area contributed by atoms with E-state index >= 15 is 0 Å². The van der Waals surface area contributed by atoms with Gasteiger partial charge in [0.25, 0.3) is 11.1 Å². The zero-order valence-electron chi connectivity index (χ0n) is 15.5. The smallest absolute Gasteiger partial charge is 0.293 e. The molecule has 28 heavy (non-hydrogen) atoms. The van der Waals surface area contributed by atoms with Gasteiger partial charge in [-0.25, -0.2) is 4.39 Å². The zero-order valence-corrected chi connectivity index (χ0v) is 16.3. The Hall–Kier alpha value is -2.15. The van der Waals surface area contributed by atoms with Crippen molar-refractivity contribution in [2.24, 2.45) is 17.8 Å². The quantitative estimate of drug-likeness (QED) is 0.735. The summed E-state index contributed by atoms with van der Waals surface area (Å²) < 4.78 is 13.8. The Morgan fingerprint density at radius 1 is 1.25 bits per heavy atom. The predicted molar refractivity (Wildman–Crippen MR) is 106 cm³/mol. The topological polar surface area (TPSA) is 66.5 Å². The molecule has 4 rings (SSSR count). The summed E-state index contributed by atoms with van der Waals surface area (Å²) in [4.78, 5) is 38.1. The SMILES string of the molecule is O=C(C[C@@H]1C[C@H]2CC[C@H]1C2)NCCN1C(=O)S/C(=C/c2ccccc2F)C1=O. The fraction of sp³-hybridized carbons (Fsp3) is 0.476. The average molecular weight is 402 g/mol. The molecular weight excluding hydrogens is 379 g/mol. The largest absolute Gasteiger partial charge is 0.354 e. The van der Waals surface area contributed by atoms with Crippen LogP contribution in [0.4, 0.5) is 9.18 Å². The second-order valence-electron chi connectivity index (χ2n) is 7.84. The van der Waals surface area contributed by atoms with Gasteiger partial charge in [0.05, 0.1) is 4.91 Å². The van der Waals surface area contributed by atoms with Crippen LogP contribution in [0.2, 0.25) is 0 Å². The lowest BCUT2D eigenvalue weighted by Crippen LogP contribution is -2.38. The van der Waals surface area contributed by atoms with Gasteiger partial charge in [0.15, 0.2) is 0 Å². The lowest BCUT2D eigenvalue weighted by Gasteiger charge is -2.21. The summed E-state index contributed by atoms with van der Waals surface area (Å²) in [5.74, 6) is 1.09. The number of hydrogen-bond donors (Lipinski definition) is 1. The van der Waals surface area contributed by atoms with E-state index in [0.29, 0.717) is 18.3 Å². The lowest BCUT2D eigenvalue weighted by molar-refractivity contribution is -0.124. The first-order chi connectivity index (χ1) is 13.5. The molecule has 1 aromatic carbocycles. The highest BCUT2D eigenvalue weighted by Crippen LogP contribution is 2.49. The number of amides is 3. The van der Waals surface area contributed by atoms with Gasteiger partial charge in [-0.3, -0.25) is 19.3 Å². The summed E-state index contributed by atoms with van der Waals surface area (Å²) in [6.07, 6.45) is 6.91. The van der Waals surface area contributed by atoms with Crippen molar-refractivity contribution < 1.29 is 18.8 Å². The van der Waals surface area contributed by atoms with Crippen molar-refractivity contribution in [2.45, 2.75) is 32.1 Å². The summed E-state index contributed by atoms with van der Waals surface area (Å²) in [5, 5.41) is 2.44. The van der Waals surface area contributed by atoms with E-state index in [0.717, 1.165) is 29.0 Å². The van der Waals surface area contributed by atoms with Crippen LogP contribution in [-0.4, -0.2) is 35.0 Å². The highest BCUT2D eigenvalue weighted by Gasteiger charge is 2.40. The standard InChI is InChI=1S/C21H23FN2O3S/c22-17-4-2-1-3-15(17)11-18-20(26)24(21(27)28-18)8-7-23-19(25)12-16-10-13-5-6-14(16)9-13/h1-4,11,13-14,16H,5-10,12H2,(H,23,25)/b18-11+/t13-,14-,16-/m0/s1. The van der Waals surface area contributed by atoms with Crippen molar-refractivity contribution in [3.8, 4) is 0 Å². The molecule has 3 atom stereocenters. The van der Waals surface area contributed by atoms with E-state index in [1.165, 1.54) is 31.4 Å². The average Bonchev–Trinajstić information content (AvgIpc) is 3.34. The number of thioether (sulfide) groups is 1. The molecule has 1 N–H and O–H groups in total. The van der Waals surface area contributed by atoms with E-state index < -0.39 is 17.0 Å². The molecule has 3 amide bonds. The Balaban J connectivity index is 1.28. The van der Waals surface area contributed by atoms with Crippen LogP contribution in [0.15, 0.2) is 29.2 Å². The van der Waals surface area contributed by atoms with E-state index in [1.807, 2.05) is 0 Å². The number of carbonyl (C=O) groups excluding carboxylic acids is 3. The second-order valence-corrected chi connectivity index (χ2v) is 8.84. The van der Waals surface area contributed by atoms with E-state index in [1.54, 1.807) is 18.2 Å². The second kappa shape index (κ2) is 8.07. The molecule has 1 saturated heterocycles. The molecule has 3 aliphatic rings. The third-order valence-electron chi connectivity index (χ3n) is 6.06. The van der Waals surface area contributed by atoms with Crippen molar-refractivity contribution >= 4 is 34.9 Å². The van der Waals surface area contributed by atoms with Gasteiger partial charge in [-0.2, -0.15) is 0 Å². The molecular formula is C21H23FN2O3S. The Labute approximate surface area is 167 Å². The van der Waals surface area contributed by atoms with Gasteiger partial charge in [-0.15, -0.1) is 0 Å². The number of fused-ring (bicyclic) bond motifs is 2. The number of hydrogen-bond acceptors (Lipinski definition) is 4. The summed E-state index contributed by atoms with van der Waals surface area (Å²) in [6, 6.07) is 6.10. The maximum Gasteiger partial charge on any atom is 0.293 e. The van der Waals surface area contributed by atoms with Crippen LogP contribution in [0.5, 0.6) is 0 Å². The van der Waals surface area contributed by atoms with Crippen LogP contribution in [0.25, 0.3) is 6.08 Å². The Morgan fingerprint density at radius 3 is 2.79 bits per heavy atom. The van der Waals surface area contributed by atoms with Crippen LogP contribution in [0.3, 0.4) is 0 Å². The molecule has 0 aromatic heterocycles. The summed E-state index contributed by atoms with van der Waals surface area (Å²) in [5.41, 5.74) is 0.271. The van der Waals surface area contributed by atoms with Crippen LogP contribution >= 0.6 is 11.8 Å². The maximum atomic E-state index is 13.8. The number of benzene rings is 1. The van der Waals surface area contributed by atoms with Crippen LogP contribution in [0, 0.1) is 23.6 Å². The minimum atomic E-state index is -0.444. The molecule has 1 aliphatic heterocycles. The molecule has 7 heteroatoms. The Morgan fingerprint density at radius 2 is 2.07 bits per heavy atom. The lowest BCUT2D eigenvalue weighted by atomic mass is 9.86. The molecule has 0 radical (unpaired) electrons. The molecule has 3 fully saturated rings. The van der Waals surface area contributed by atoms with Crippen LogP contribution in [0.1, 0.15) is 37.7 Å². The minimum absolute atomic E-state index is 0.00794. The van der Waals surface area contributed by atoms with E-state index in [2.05, 4.69) is 5.32 Å². The highest BCUT2D eigenvalue weighted by atomic mass is 32.2. The molecule has 5 nitrogen and oxygen atoms in total. The van der Waals surface area contributed by atoms with Crippen molar-refractivity contribution in [1.82, 2.24) is 10.2 Å². The summed E-state index contributed by atoms with van der Waals surface area (Å²) in [6.45, 7) is 0.367. The Kier molecular flexibility index (Phi) is 5.53. The van der Waals surface area contributed by atoms with Crippen molar-refractivity contribution in [3.05, 3.63) is 40.6 Å². The number of carbonyl (C=O) groups is 3. The number of halogens is 1. The minimum Gasteiger partial charge on any atom is -0.354 e. The zero-order chi connectivity index (χ0) is 19.7. The van der Waals surface area contributed by atoms with Crippen molar-refractivity contribution in [1.29, 1.82) is 0 Å². The molecule has 2 bridgehead atoms. The first-order valence-corrected chi connectivity index (χ1v) is 10.6. The molecule has 0 spiro atoms. The van der Waals surface area contributed by atoms with Crippen LogP contribution < -0.4 is 5.32 Å². The van der Waals surface area contributed by atoms with Gasteiger partial charge in [0.1, 0.15) is 5.82 Å². The summed E-state index contributed by atoms with van der Waals surface area (Å²) >= 11 is 0.798. The molecule has 0 unspecified atom stereocenters. The number of imide groups is 1. The Bertz CT molecular complexity index is 841. The predicted octanol–water partition coefficient (Wildman–Crippen LogP) is 3.80. The molecule has 1 heterocycles. The van der Waals surface area contributed by atoms with E-state index in [4.69, 9.17) is 0 Å². The third kappa shape index (κ3) is 3.99. The maximum absolute atomic E-state index is 13.8. The van der Waals surface area contributed by atoms with Gasteiger partial charge >= 0.3 is 0 Å². The highest BCUT2D eigenvalue weighted by molar-refractivity contribution is 8.18. The van der Waals surface area contributed by atoms with E-state index in [-0.39, 0.29) is 29.5 Å². The van der Waals surface area contributed by atoms with Crippen LogP contribution in [-0.2, 0) is 9.59 Å². The number of nitrogens with zero attached hydrogens (tertiary/aromatic N) is 1. The van der Waals surface area contributed by atoms with Gasteiger partial charge in [-0.1, -0.05) is 24.6 Å². The first kappa shape index (κ1) is 19.2. The molecule has 2 saturated carbocycles.